The van der Waals surface area contributed by atoms with E-state index in [9.17, 15) is 18.6 Å². The molecule has 1 N–H and O–H groups in total. The summed E-state index contributed by atoms with van der Waals surface area (Å²) in [4.78, 5) is 11.2. The van der Waals surface area contributed by atoms with Gasteiger partial charge in [-0.25, -0.2) is 0 Å². The van der Waals surface area contributed by atoms with Gasteiger partial charge in [-0.3, -0.25) is 0 Å². The van der Waals surface area contributed by atoms with Gasteiger partial charge in [-0.15, -0.1) is 0 Å². The molecule has 0 amide bonds. The third-order valence-electron chi connectivity index (χ3n) is 7.59. The summed E-state index contributed by atoms with van der Waals surface area (Å²) in [6.07, 6.45) is 2.87. The van der Waals surface area contributed by atoms with Crippen molar-refractivity contribution in [2.45, 2.75) is 137 Å². The summed E-state index contributed by atoms with van der Waals surface area (Å²) < 4.78 is 87.9. The normalized spacial score (nSPS) is 16.4. The van der Waals surface area contributed by atoms with Crippen molar-refractivity contribution in [2.75, 3.05) is 52.9 Å². The summed E-state index contributed by atoms with van der Waals surface area (Å²) in [5, 5.41) is 0. The topological polar surface area (TPSA) is 145 Å². The summed E-state index contributed by atoms with van der Waals surface area (Å²) in [6, 6.07) is 0. The average Bonchev–Trinajstić information content (AvgIpc) is 2.96. The molecular formula is C29H66O12P4. The van der Waals surface area contributed by atoms with E-state index >= 15 is 0 Å². The predicted molar refractivity (Wildman–Crippen MR) is 185 cm³/mol. The van der Waals surface area contributed by atoms with Crippen LogP contribution in [0.15, 0.2) is 0 Å². The molecule has 0 bridgehead atoms. The zero-order valence-corrected chi connectivity index (χ0v) is 33.4. The number of hydrogen-bond donors (Lipinski definition) is 1. The molecule has 0 spiro atoms. The first kappa shape index (κ1) is 45.8. The summed E-state index contributed by atoms with van der Waals surface area (Å²) in [7, 11) is -14.1. The summed E-state index contributed by atoms with van der Waals surface area (Å²) >= 11 is 0. The van der Waals surface area contributed by atoms with Crippen LogP contribution in [0.4, 0.5) is 0 Å². The number of hydrogen-bond acceptors (Lipinski definition) is 12. The summed E-state index contributed by atoms with van der Waals surface area (Å²) in [6.45, 7) is 20.0. The van der Waals surface area contributed by atoms with E-state index in [-0.39, 0.29) is 45.3 Å². The van der Waals surface area contributed by atoms with Crippen LogP contribution in [-0.2, 0) is 49.9 Å². The van der Waals surface area contributed by atoms with E-state index in [1.165, 1.54) is 0 Å². The van der Waals surface area contributed by atoms with Crippen molar-refractivity contribution >= 4 is 30.7 Å². The van der Waals surface area contributed by atoms with Crippen LogP contribution < -0.4 is 0 Å². The fourth-order valence-electron chi connectivity index (χ4n) is 5.47. The van der Waals surface area contributed by atoms with E-state index in [0.29, 0.717) is 58.2 Å². The van der Waals surface area contributed by atoms with Gasteiger partial charge in [0.15, 0.2) is 0 Å². The van der Waals surface area contributed by atoms with Crippen molar-refractivity contribution < 1.29 is 54.8 Å². The van der Waals surface area contributed by atoms with Crippen molar-refractivity contribution in [1.82, 2.24) is 0 Å². The SMILES string of the molecule is CCOP(=O)(OCC)C(CC)CCC(CCC(CCC(C)[PH](O)(OCC)OCC)P(=O)(OCC)OCC)P(=O)(OCC)OCC. The van der Waals surface area contributed by atoms with Crippen LogP contribution in [0.5, 0.6) is 0 Å². The van der Waals surface area contributed by atoms with Gasteiger partial charge in [-0.2, -0.15) is 0 Å². The molecule has 0 aliphatic rings. The molecule has 0 fully saturated rings. The van der Waals surface area contributed by atoms with Crippen LogP contribution in [0.1, 0.15) is 114 Å². The second-order valence-corrected chi connectivity index (χ2v) is 20.4. The third-order valence-corrected chi connectivity index (χ3v) is 18.6. The minimum absolute atomic E-state index is 0.191. The van der Waals surface area contributed by atoms with Gasteiger partial charge in [0.05, 0.1) is 13.2 Å². The zero-order chi connectivity index (χ0) is 34.6. The van der Waals surface area contributed by atoms with E-state index in [1.54, 1.807) is 41.5 Å². The Morgan fingerprint density at radius 2 is 0.733 bits per heavy atom. The summed E-state index contributed by atoms with van der Waals surface area (Å²) in [5.74, 6) is 0. The molecule has 0 saturated heterocycles. The van der Waals surface area contributed by atoms with Gasteiger partial charge < -0.3 is 0 Å². The first-order valence-electron chi connectivity index (χ1n) is 16.9. The molecule has 0 radical (unpaired) electrons. The van der Waals surface area contributed by atoms with Gasteiger partial charge in [0.25, 0.3) is 0 Å². The Balaban J connectivity index is 6.44. The third kappa shape index (κ3) is 15.0. The molecule has 0 heterocycles. The van der Waals surface area contributed by atoms with Crippen LogP contribution >= 0.6 is 30.7 Å². The van der Waals surface area contributed by atoms with E-state index in [1.807, 2.05) is 27.7 Å². The van der Waals surface area contributed by atoms with Crippen molar-refractivity contribution in [2.24, 2.45) is 0 Å². The molecule has 0 aromatic rings. The average molecular weight is 731 g/mol. The molecule has 0 aromatic heterocycles. The fraction of sp³-hybridized carbons (Fsp3) is 1.00. The quantitative estimate of drug-likeness (QED) is 0.0703. The van der Waals surface area contributed by atoms with Crippen molar-refractivity contribution in [1.29, 1.82) is 0 Å². The van der Waals surface area contributed by atoms with Crippen LogP contribution in [0.25, 0.3) is 0 Å². The van der Waals surface area contributed by atoms with Crippen molar-refractivity contribution in [3.8, 4) is 0 Å². The van der Waals surface area contributed by atoms with Crippen LogP contribution in [-0.4, -0.2) is 80.4 Å². The summed E-state index contributed by atoms with van der Waals surface area (Å²) in [5.41, 5.74) is -1.84. The Hall–Kier alpha value is 0.760. The molecule has 0 aliphatic heterocycles. The van der Waals surface area contributed by atoms with E-state index in [0.717, 1.165) is 0 Å². The standard InChI is InChI=1S/C29H66O12P4/c1-11-27(43(31,36-14-4)37-15-5)22-23-29(45(33,40-18-8)41-19-9)25-24-28(44(32,38-16-6)39-17-7)21-20-26(10)42(30,34-12-2)35-13-3/h26-30,42H,11-25H2,1-10H3. The fourth-order valence-corrected chi connectivity index (χ4v) is 13.9. The Kier molecular flexibility index (Phi) is 24.4. The molecule has 4 unspecified atom stereocenters. The molecule has 274 valence electrons. The Labute approximate surface area is 274 Å². The Morgan fingerprint density at radius 3 is 1.00 bits per heavy atom. The minimum atomic E-state index is -3.62. The number of rotatable bonds is 30. The van der Waals surface area contributed by atoms with E-state index < -0.39 is 47.7 Å². The second kappa shape index (κ2) is 24.0. The molecule has 0 saturated carbocycles. The molecule has 0 rings (SSSR count). The molecule has 4 atom stereocenters. The molecule has 0 aliphatic carbocycles. The molecule has 12 nitrogen and oxygen atoms in total. The van der Waals surface area contributed by atoms with Gasteiger partial charge in [0, 0.05) is 0 Å². The van der Waals surface area contributed by atoms with Gasteiger partial charge in [-0.1, -0.05) is 0 Å². The molecule has 45 heavy (non-hydrogen) atoms. The maximum absolute atomic E-state index is 14.2. The second-order valence-electron chi connectivity index (χ2n) is 10.6. The van der Waals surface area contributed by atoms with Gasteiger partial charge in [0.1, 0.15) is 0 Å². The van der Waals surface area contributed by atoms with Gasteiger partial charge >= 0.3 is 248 Å². The van der Waals surface area contributed by atoms with Crippen LogP contribution in [0.2, 0.25) is 0 Å². The maximum atomic E-state index is 14.2. The first-order chi connectivity index (χ1) is 21.3. The monoisotopic (exact) mass is 730 g/mol. The zero-order valence-electron chi connectivity index (χ0n) is 29.7. The first-order valence-corrected chi connectivity index (χ1v) is 23.6. The van der Waals surface area contributed by atoms with E-state index in [4.69, 9.17) is 36.2 Å². The van der Waals surface area contributed by atoms with Gasteiger partial charge in [0.2, 0.25) is 0 Å². The van der Waals surface area contributed by atoms with Crippen molar-refractivity contribution in [3.63, 3.8) is 0 Å². The molecule has 0 aromatic carbocycles. The van der Waals surface area contributed by atoms with Gasteiger partial charge in [-0.05, 0) is 13.8 Å². The van der Waals surface area contributed by atoms with Crippen LogP contribution in [0, 0.1) is 0 Å². The Bertz CT molecular complexity index is 872. The van der Waals surface area contributed by atoms with E-state index in [2.05, 4.69) is 0 Å². The Morgan fingerprint density at radius 1 is 0.467 bits per heavy atom. The molecule has 16 heteroatoms. The van der Waals surface area contributed by atoms with Crippen LogP contribution in [0.3, 0.4) is 0 Å². The predicted octanol–water partition coefficient (Wildman–Crippen LogP) is 9.59. The van der Waals surface area contributed by atoms with Crippen molar-refractivity contribution in [3.05, 3.63) is 0 Å². The molecular weight excluding hydrogens is 664 g/mol.